The Bertz CT molecular complexity index is 521. The van der Waals surface area contributed by atoms with Crippen molar-refractivity contribution in [1.29, 1.82) is 0 Å². The van der Waals surface area contributed by atoms with Gasteiger partial charge in [-0.05, 0) is 6.42 Å². The summed E-state index contributed by atoms with van der Waals surface area (Å²) in [6.07, 6.45) is -3.14. The van der Waals surface area contributed by atoms with E-state index in [1.54, 1.807) is 4.90 Å². The van der Waals surface area contributed by atoms with E-state index in [1.807, 2.05) is 0 Å². The summed E-state index contributed by atoms with van der Waals surface area (Å²) in [4.78, 5) is 21.5. The molecule has 6 nitrogen and oxygen atoms in total. The molecule has 9 heteroatoms. The van der Waals surface area contributed by atoms with Crippen LogP contribution in [0.15, 0.2) is 12.4 Å². The van der Waals surface area contributed by atoms with Gasteiger partial charge < -0.3 is 10.0 Å². The summed E-state index contributed by atoms with van der Waals surface area (Å²) in [5, 5.41) is 8.97. The highest BCUT2D eigenvalue weighted by Gasteiger charge is 2.48. The van der Waals surface area contributed by atoms with E-state index < -0.39 is 17.8 Å². The molecule has 1 aromatic heterocycles. The van der Waals surface area contributed by atoms with E-state index >= 15 is 0 Å². The van der Waals surface area contributed by atoms with Crippen molar-refractivity contribution in [3.8, 4) is 0 Å². The van der Waals surface area contributed by atoms with Gasteiger partial charge in [0, 0.05) is 25.5 Å². The largest absolute Gasteiger partial charge is 0.465 e. The third-order valence-electron chi connectivity index (χ3n) is 3.66. The van der Waals surface area contributed by atoms with Crippen LogP contribution < -0.4 is 4.90 Å². The predicted molar refractivity (Wildman–Crippen MR) is 61.3 cm³/mol. The molecule has 3 aliphatic heterocycles. The Kier molecular flexibility index (Phi) is 2.73. The van der Waals surface area contributed by atoms with Gasteiger partial charge in [0.2, 0.25) is 5.95 Å². The number of amides is 1. The highest BCUT2D eigenvalue weighted by molar-refractivity contribution is 5.68. The second-order valence-electron chi connectivity index (χ2n) is 4.91. The molecule has 3 saturated heterocycles. The van der Waals surface area contributed by atoms with Gasteiger partial charge in [0.05, 0.1) is 17.6 Å². The number of anilines is 1. The highest BCUT2D eigenvalue weighted by atomic mass is 19.4. The zero-order chi connectivity index (χ0) is 14.5. The molecule has 0 aliphatic carbocycles. The molecule has 2 bridgehead atoms. The first kappa shape index (κ1) is 12.9. The second-order valence-corrected chi connectivity index (χ2v) is 4.91. The quantitative estimate of drug-likeness (QED) is 0.846. The maximum atomic E-state index is 12.4. The third kappa shape index (κ3) is 2.02. The summed E-state index contributed by atoms with van der Waals surface area (Å²) in [5.74, 6) is 0.206. The van der Waals surface area contributed by atoms with Crippen LogP contribution in [0.25, 0.3) is 0 Å². The van der Waals surface area contributed by atoms with Gasteiger partial charge in [-0.3, -0.25) is 4.90 Å². The molecule has 3 aliphatic rings. The number of piperidine rings is 1. The fourth-order valence-electron chi connectivity index (χ4n) is 2.72. The molecule has 1 aromatic rings. The Labute approximate surface area is 111 Å². The molecular formula is C11H11F3N4O2. The molecule has 3 fully saturated rings. The standard InChI is InChI=1S/C11H11F3N4O2/c12-11(13,14)6-2-15-9(16-3-6)17-4-7-1-8(5-17)18(7)10(19)20/h2-3,7-8H,1,4-5H2,(H,19,20). The van der Waals surface area contributed by atoms with Gasteiger partial charge in [0.15, 0.2) is 0 Å². The number of carboxylic acid groups (broad SMARTS) is 1. The van der Waals surface area contributed by atoms with E-state index in [9.17, 15) is 18.0 Å². The van der Waals surface area contributed by atoms with Gasteiger partial charge in [-0.15, -0.1) is 0 Å². The number of alkyl halides is 3. The Morgan fingerprint density at radius 2 is 1.80 bits per heavy atom. The zero-order valence-corrected chi connectivity index (χ0v) is 10.2. The third-order valence-corrected chi connectivity index (χ3v) is 3.66. The molecule has 0 aromatic carbocycles. The van der Waals surface area contributed by atoms with Crippen molar-refractivity contribution >= 4 is 12.0 Å². The van der Waals surface area contributed by atoms with Crippen molar-refractivity contribution in [2.45, 2.75) is 24.7 Å². The molecule has 2 unspecified atom stereocenters. The van der Waals surface area contributed by atoms with Crippen LogP contribution >= 0.6 is 0 Å². The molecule has 0 saturated carbocycles. The number of aromatic nitrogens is 2. The molecule has 4 heterocycles. The summed E-state index contributed by atoms with van der Waals surface area (Å²) >= 11 is 0. The molecule has 108 valence electrons. The average molecular weight is 288 g/mol. The van der Waals surface area contributed by atoms with Crippen LogP contribution in [0, 0.1) is 0 Å². The van der Waals surface area contributed by atoms with Crippen molar-refractivity contribution in [3.63, 3.8) is 0 Å². The van der Waals surface area contributed by atoms with E-state index in [1.165, 1.54) is 4.90 Å². The molecule has 0 radical (unpaired) electrons. The Balaban J connectivity index is 1.72. The molecule has 2 atom stereocenters. The zero-order valence-electron chi connectivity index (χ0n) is 10.2. The second kappa shape index (κ2) is 4.22. The highest BCUT2D eigenvalue weighted by Crippen LogP contribution is 2.34. The van der Waals surface area contributed by atoms with Crippen LogP contribution in [-0.4, -0.2) is 51.2 Å². The minimum Gasteiger partial charge on any atom is -0.465 e. The number of piperazine rings is 1. The maximum Gasteiger partial charge on any atom is 0.419 e. The lowest BCUT2D eigenvalue weighted by atomic mass is 9.88. The lowest BCUT2D eigenvalue weighted by Crippen LogP contribution is -2.70. The fraction of sp³-hybridized carbons (Fsp3) is 0.545. The minimum absolute atomic E-state index is 0.128. The van der Waals surface area contributed by atoms with Gasteiger partial charge in [0.1, 0.15) is 0 Å². The smallest absolute Gasteiger partial charge is 0.419 e. The molecule has 1 N–H and O–H groups in total. The number of hydrogen-bond acceptors (Lipinski definition) is 4. The minimum atomic E-state index is -4.46. The molecular weight excluding hydrogens is 277 g/mol. The van der Waals surface area contributed by atoms with Gasteiger partial charge >= 0.3 is 12.3 Å². The summed E-state index contributed by atoms with van der Waals surface area (Å²) in [5.41, 5.74) is -0.893. The Hall–Kier alpha value is -2.06. The number of carbonyl (C=O) groups is 1. The number of rotatable bonds is 1. The number of nitrogens with zero attached hydrogens (tertiary/aromatic N) is 4. The van der Waals surface area contributed by atoms with Crippen molar-refractivity contribution in [1.82, 2.24) is 14.9 Å². The molecule has 4 rings (SSSR count). The van der Waals surface area contributed by atoms with Crippen LogP contribution in [0.1, 0.15) is 12.0 Å². The van der Waals surface area contributed by atoms with Gasteiger partial charge in [-0.2, -0.15) is 13.2 Å². The van der Waals surface area contributed by atoms with Gasteiger partial charge in [-0.25, -0.2) is 14.8 Å². The van der Waals surface area contributed by atoms with Crippen molar-refractivity contribution in [2.24, 2.45) is 0 Å². The van der Waals surface area contributed by atoms with Gasteiger partial charge in [-0.1, -0.05) is 0 Å². The van der Waals surface area contributed by atoms with Crippen LogP contribution in [0.3, 0.4) is 0 Å². The monoisotopic (exact) mass is 288 g/mol. The molecule has 20 heavy (non-hydrogen) atoms. The average Bonchev–Trinajstić information content (AvgIpc) is 2.37. The summed E-state index contributed by atoms with van der Waals surface area (Å²) in [6, 6.07) is -0.255. The summed E-state index contributed by atoms with van der Waals surface area (Å²) in [7, 11) is 0. The maximum absolute atomic E-state index is 12.4. The van der Waals surface area contributed by atoms with Gasteiger partial charge in [0.25, 0.3) is 0 Å². The van der Waals surface area contributed by atoms with E-state index in [4.69, 9.17) is 5.11 Å². The van der Waals surface area contributed by atoms with Crippen molar-refractivity contribution in [2.75, 3.05) is 18.0 Å². The number of fused-ring (bicyclic) bond motifs is 2. The van der Waals surface area contributed by atoms with Crippen LogP contribution in [0.2, 0.25) is 0 Å². The van der Waals surface area contributed by atoms with Crippen LogP contribution in [0.4, 0.5) is 23.9 Å². The lowest BCUT2D eigenvalue weighted by molar-refractivity contribution is -0.138. The van der Waals surface area contributed by atoms with E-state index in [0.29, 0.717) is 13.1 Å². The molecule has 1 amide bonds. The summed E-state index contributed by atoms with van der Waals surface area (Å²) in [6.45, 7) is 0.822. The number of hydrogen-bond donors (Lipinski definition) is 1. The first-order valence-corrected chi connectivity index (χ1v) is 6.01. The van der Waals surface area contributed by atoms with E-state index in [2.05, 4.69) is 9.97 Å². The topological polar surface area (TPSA) is 69.6 Å². The van der Waals surface area contributed by atoms with Crippen molar-refractivity contribution < 1.29 is 23.1 Å². The predicted octanol–water partition coefficient (Wildman–Crippen LogP) is 1.44. The Morgan fingerprint density at radius 1 is 1.25 bits per heavy atom. The van der Waals surface area contributed by atoms with E-state index in [-0.39, 0.29) is 18.0 Å². The molecule has 0 spiro atoms. The fourth-order valence-corrected chi connectivity index (χ4v) is 2.72. The van der Waals surface area contributed by atoms with Crippen molar-refractivity contribution in [3.05, 3.63) is 18.0 Å². The lowest BCUT2D eigenvalue weighted by Gasteiger charge is -2.54. The normalized spacial score (nSPS) is 25.4. The van der Waals surface area contributed by atoms with Crippen LogP contribution in [0.5, 0.6) is 0 Å². The first-order valence-electron chi connectivity index (χ1n) is 6.01. The number of halogens is 3. The van der Waals surface area contributed by atoms with Crippen LogP contribution in [-0.2, 0) is 6.18 Å². The SMILES string of the molecule is O=C(O)N1C2CC1CN(c1ncc(C(F)(F)F)cn1)C2. The first-order chi connectivity index (χ1) is 9.36. The summed E-state index contributed by atoms with van der Waals surface area (Å²) < 4.78 is 37.2. The Morgan fingerprint density at radius 3 is 2.25 bits per heavy atom. The van der Waals surface area contributed by atoms with E-state index in [0.717, 1.165) is 18.8 Å².